The highest BCUT2D eigenvalue weighted by Crippen LogP contribution is 2.08. The van der Waals surface area contributed by atoms with Gasteiger partial charge in [0.05, 0.1) is 12.7 Å². The van der Waals surface area contributed by atoms with Gasteiger partial charge in [0.15, 0.2) is 0 Å². The lowest BCUT2D eigenvalue weighted by molar-refractivity contribution is -0.123. The number of hydrogen-bond donors (Lipinski definition) is 2. The molecule has 0 aromatic heterocycles. The van der Waals surface area contributed by atoms with Gasteiger partial charge in [0.25, 0.3) is 0 Å². The third kappa shape index (κ3) is 3.18. The molecule has 4 heteroatoms. The van der Waals surface area contributed by atoms with Gasteiger partial charge in [0, 0.05) is 0 Å². The van der Waals surface area contributed by atoms with Gasteiger partial charge in [-0.25, -0.2) is 0 Å². The summed E-state index contributed by atoms with van der Waals surface area (Å²) in [6, 6.07) is 0.0646. The minimum absolute atomic E-state index is 0.0646. The van der Waals surface area contributed by atoms with E-state index in [-0.39, 0.29) is 11.9 Å². The highest BCUT2D eigenvalue weighted by atomic mass is 16.2. The van der Waals surface area contributed by atoms with E-state index in [1.807, 2.05) is 0 Å². The van der Waals surface area contributed by atoms with E-state index in [0.717, 1.165) is 39.1 Å². The van der Waals surface area contributed by atoms with Crippen LogP contribution in [0.25, 0.3) is 0 Å². The lowest BCUT2D eigenvalue weighted by atomic mass is 10.1. The van der Waals surface area contributed by atoms with E-state index in [2.05, 4.69) is 15.5 Å². The molecule has 0 bridgehead atoms. The predicted molar refractivity (Wildman–Crippen MR) is 59.5 cm³/mol. The molecule has 2 aliphatic rings. The predicted octanol–water partition coefficient (Wildman–Crippen LogP) is 0.298. The number of nitrogens with one attached hydrogen (secondary N) is 2. The molecule has 2 fully saturated rings. The van der Waals surface area contributed by atoms with Crippen LogP contribution in [-0.4, -0.2) is 43.2 Å². The average molecular weight is 211 g/mol. The molecular weight excluding hydrogens is 190 g/mol. The fraction of sp³-hybridized carbons (Fsp3) is 0.909. The van der Waals surface area contributed by atoms with Crippen molar-refractivity contribution in [1.29, 1.82) is 0 Å². The van der Waals surface area contributed by atoms with Crippen molar-refractivity contribution in [3.8, 4) is 0 Å². The lowest BCUT2D eigenvalue weighted by Gasteiger charge is -2.27. The van der Waals surface area contributed by atoms with E-state index in [1.54, 1.807) is 0 Å². The van der Waals surface area contributed by atoms with Crippen LogP contribution < -0.4 is 10.6 Å². The van der Waals surface area contributed by atoms with E-state index in [4.69, 9.17) is 0 Å². The maximum absolute atomic E-state index is 11.7. The first-order valence-electron chi connectivity index (χ1n) is 6.10. The summed E-state index contributed by atoms with van der Waals surface area (Å²) >= 11 is 0. The van der Waals surface area contributed by atoms with E-state index in [1.165, 1.54) is 19.3 Å². The number of rotatable bonds is 3. The number of carbonyl (C=O) groups excluding carboxylic acids is 1. The Hall–Kier alpha value is -0.610. The van der Waals surface area contributed by atoms with Crippen molar-refractivity contribution in [3.63, 3.8) is 0 Å². The Balaban J connectivity index is 1.65. The molecule has 0 radical (unpaired) electrons. The molecule has 1 amide bonds. The molecule has 0 saturated carbocycles. The molecule has 2 heterocycles. The van der Waals surface area contributed by atoms with Gasteiger partial charge in [-0.05, 0) is 45.3 Å². The van der Waals surface area contributed by atoms with Gasteiger partial charge in [-0.15, -0.1) is 0 Å². The number of carbonyl (C=O) groups is 1. The first-order chi connectivity index (χ1) is 7.36. The van der Waals surface area contributed by atoms with Crippen LogP contribution in [0.5, 0.6) is 0 Å². The lowest BCUT2D eigenvalue weighted by Crippen LogP contribution is -2.46. The Morgan fingerprint density at radius 3 is 2.73 bits per heavy atom. The maximum atomic E-state index is 11.7. The van der Waals surface area contributed by atoms with Gasteiger partial charge in [0.2, 0.25) is 5.91 Å². The summed E-state index contributed by atoms with van der Waals surface area (Å²) < 4.78 is 0. The minimum Gasteiger partial charge on any atom is -0.342 e. The number of hydrogen-bond acceptors (Lipinski definition) is 3. The van der Waals surface area contributed by atoms with Crippen molar-refractivity contribution in [2.24, 2.45) is 0 Å². The Labute approximate surface area is 91.4 Å². The molecule has 0 aliphatic carbocycles. The second-order valence-corrected chi connectivity index (χ2v) is 4.53. The van der Waals surface area contributed by atoms with Crippen molar-refractivity contribution in [3.05, 3.63) is 0 Å². The SMILES string of the molecule is O=C(NCN1CCCCC1)C1CCCN1. The fourth-order valence-electron chi connectivity index (χ4n) is 2.34. The van der Waals surface area contributed by atoms with Crippen molar-refractivity contribution < 1.29 is 4.79 Å². The third-order valence-corrected chi connectivity index (χ3v) is 3.30. The van der Waals surface area contributed by atoms with Gasteiger partial charge in [-0.3, -0.25) is 9.69 Å². The van der Waals surface area contributed by atoms with Crippen LogP contribution in [0.3, 0.4) is 0 Å². The Morgan fingerprint density at radius 2 is 2.07 bits per heavy atom. The summed E-state index contributed by atoms with van der Waals surface area (Å²) in [6.07, 6.45) is 6.01. The largest absolute Gasteiger partial charge is 0.342 e. The normalized spacial score (nSPS) is 27.9. The fourth-order valence-corrected chi connectivity index (χ4v) is 2.34. The Kier molecular flexibility index (Phi) is 3.97. The standard InChI is InChI=1S/C11H21N3O/c15-11(10-5-4-6-12-10)13-9-14-7-2-1-3-8-14/h10,12H,1-9H2,(H,13,15). The smallest absolute Gasteiger partial charge is 0.238 e. The highest BCUT2D eigenvalue weighted by molar-refractivity contribution is 5.81. The van der Waals surface area contributed by atoms with Crippen molar-refractivity contribution in [2.75, 3.05) is 26.3 Å². The number of piperidine rings is 1. The monoisotopic (exact) mass is 211 g/mol. The zero-order chi connectivity index (χ0) is 10.5. The van der Waals surface area contributed by atoms with Gasteiger partial charge in [-0.1, -0.05) is 6.42 Å². The van der Waals surface area contributed by atoms with Crippen molar-refractivity contribution >= 4 is 5.91 Å². The number of nitrogens with zero attached hydrogens (tertiary/aromatic N) is 1. The maximum Gasteiger partial charge on any atom is 0.238 e. The van der Waals surface area contributed by atoms with Crippen LogP contribution in [0, 0.1) is 0 Å². The quantitative estimate of drug-likeness (QED) is 0.705. The third-order valence-electron chi connectivity index (χ3n) is 3.30. The van der Waals surface area contributed by atoms with E-state index < -0.39 is 0 Å². The van der Waals surface area contributed by atoms with Crippen LogP contribution in [0.15, 0.2) is 0 Å². The summed E-state index contributed by atoms with van der Waals surface area (Å²) in [4.78, 5) is 14.0. The van der Waals surface area contributed by atoms with E-state index in [9.17, 15) is 4.79 Å². The van der Waals surface area contributed by atoms with Crippen LogP contribution in [-0.2, 0) is 4.79 Å². The van der Waals surface area contributed by atoms with Crippen molar-refractivity contribution in [1.82, 2.24) is 15.5 Å². The zero-order valence-corrected chi connectivity index (χ0v) is 9.30. The molecule has 0 aromatic rings. The molecule has 1 atom stereocenters. The van der Waals surface area contributed by atoms with Gasteiger partial charge >= 0.3 is 0 Å². The summed E-state index contributed by atoms with van der Waals surface area (Å²) in [5.41, 5.74) is 0. The minimum atomic E-state index is 0.0646. The van der Waals surface area contributed by atoms with E-state index >= 15 is 0 Å². The molecule has 0 aromatic carbocycles. The van der Waals surface area contributed by atoms with Gasteiger partial charge in [0.1, 0.15) is 0 Å². The molecule has 86 valence electrons. The average Bonchev–Trinajstić information content (AvgIpc) is 2.81. The van der Waals surface area contributed by atoms with E-state index in [0.29, 0.717) is 0 Å². The van der Waals surface area contributed by atoms with Crippen LogP contribution in [0.1, 0.15) is 32.1 Å². The molecule has 15 heavy (non-hydrogen) atoms. The molecule has 2 N–H and O–H groups in total. The van der Waals surface area contributed by atoms with Crippen LogP contribution >= 0.6 is 0 Å². The highest BCUT2D eigenvalue weighted by Gasteiger charge is 2.22. The summed E-state index contributed by atoms with van der Waals surface area (Å²) in [6.45, 7) is 4.00. The molecule has 2 aliphatic heterocycles. The van der Waals surface area contributed by atoms with Crippen LogP contribution in [0.4, 0.5) is 0 Å². The number of amides is 1. The molecule has 1 unspecified atom stereocenters. The topological polar surface area (TPSA) is 44.4 Å². The van der Waals surface area contributed by atoms with Gasteiger partial charge < -0.3 is 10.6 Å². The molecule has 2 saturated heterocycles. The second-order valence-electron chi connectivity index (χ2n) is 4.53. The zero-order valence-electron chi connectivity index (χ0n) is 9.30. The first-order valence-corrected chi connectivity index (χ1v) is 6.10. The molecule has 2 rings (SSSR count). The molecular formula is C11H21N3O. The molecule has 0 spiro atoms. The molecule has 4 nitrogen and oxygen atoms in total. The summed E-state index contributed by atoms with van der Waals surface area (Å²) in [5, 5.41) is 6.23. The first kappa shape index (κ1) is 10.9. The Morgan fingerprint density at radius 1 is 1.27 bits per heavy atom. The van der Waals surface area contributed by atoms with Crippen LogP contribution in [0.2, 0.25) is 0 Å². The summed E-state index contributed by atoms with van der Waals surface area (Å²) in [5.74, 6) is 0.179. The second kappa shape index (κ2) is 5.47. The summed E-state index contributed by atoms with van der Waals surface area (Å²) in [7, 11) is 0. The Bertz CT molecular complexity index is 208. The van der Waals surface area contributed by atoms with Crippen molar-refractivity contribution in [2.45, 2.75) is 38.1 Å². The van der Waals surface area contributed by atoms with Gasteiger partial charge in [-0.2, -0.15) is 0 Å². The number of likely N-dealkylation sites (tertiary alicyclic amines) is 1.